The number of carbonyl (C=O) groups is 2. The fourth-order valence-electron chi connectivity index (χ4n) is 3.50. The van der Waals surface area contributed by atoms with Crippen LogP contribution in [0.25, 0.3) is 0 Å². The minimum atomic E-state index is -3.85. The van der Waals surface area contributed by atoms with Crippen molar-refractivity contribution in [2.24, 2.45) is 5.92 Å². The molecule has 1 N–H and O–H groups in total. The van der Waals surface area contributed by atoms with Gasteiger partial charge in [-0.3, -0.25) is 13.9 Å². The molecule has 0 spiro atoms. The summed E-state index contributed by atoms with van der Waals surface area (Å²) in [5.41, 5.74) is 1.03. The van der Waals surface area contributed by atoms with Crippen LogP contribution in [0.5, 0.6) is 11.5 Å². The molecule has 0 aliphatic carbocycles. The summed E-state index contributed by atoms with van der Waals surface area (Å²) >= 11 is 0. The minimum Gasteiger partial charge on any atom is -0.497 e. The topological polar surface area (TPSA) is 105 Å². The Hall–Kier alpha value is -3.27. The molecule has 36 heavy (non-hydrogen) atoms. The highest BCUT2D eigenvalue weighted by molar-refractivity contribution is 7.92. The number of ether oxygens (including phenoxy) is 2. The van der Waals surface area contributed by atoms with E-state index < -0.39 is 28.5 Å². The molecule has 0 radical (unpaired) electrons. The van der Waals surface area contributed by atoms with E-state index in [4.69, 9.17) is 9.47 Å². The Morgan fingerprint density at radius 2 is 1.67 bits per heavy atom. The average Bonchev–Trinajstić information content (AvgIpc) is 2.84. The highest BCUT2D eigenvalue weighted by Crippen LogP contribution is 2.30. The molecule has 9 nitrogen and oxygen atoms in total. The summed E-state index contributed by atoms with van der Waals surface area (Å²) < 4.78 is 37.3. The lowest BCUT2D eigenvalue weighted by Crippen LogP contribution is -2.51. The first-order valence-electron chi connectivity index (χ1n) is 11.9. The van der Waals surface area contributed by atoms with Gasteiger partial charge in [0.05, 0.1) is 25.7 Å². The molecule has 0 heterocycles. The van der Waals surface area contributed by atoms with Crippen molar-refractivity contribution in [1.82, 2.24) is 10.2 Å². The summed E-state index contributed by atoms with van der Waals surface area (Å²) in [6.07, 6.45) is 1.04. The monoisotopic (exact) mass is 519 g/mol. The fraction of sp³-hybridized carbons (Fsp3) is 0.462. The second-order valence-corrected chi connectivity index (χ2v) is 10.8. The largest absolute Gasteiger partial charge is 0.497 e. The lowest BCUT2D eigenvalue weighted by atomic mass is 10.1. The highest BCUT2D eigenvalue weighted by Gasteiger charge is 2.31. The van der Waals surface area contributed by atoms with Crippen LogP contribution < -0.4 is 19.1 Å². The number of carbonyl (C=O) groups excluding carboxylic acids is 2. The number of nitrogens with one attached hydrogen (secondary N) is 1. The lowest BCUT2D eigenvalue weighted by molar-refractivity contribution is -0.139. The van der Waals surface area contributed by atoms with Crippen molar-refractivity contribution >= 4 is 27.5 Å². The fourth-order valence-corrected chi connectivity index (χ4v) is 4.35. The van der Waals surface area contributed by atoms with Crippen molar-refractivity contribution in [3.05, 3.63) is 54.1 Å². The van der Waals surface area contributed by atoms with Crippen molar-refractivity contribution in [3.8, 4) is 11.5 Å². The molecule has 2 aromatic rings. The number of nitrogens with zero attached hydrogens (tertiary/aromatic N) is 2. The molecule has 0 saturated carbocycles. The van der Waals surface area contributed by atoms with Gasteiger partial charge >= 0.3 is 0 Å². The first kappa shape index (κ1) is 29.0. The molecule has 0 aromatic heterocycles. The zero-order valence-electron chi connectivity index (χ0n) is 21.9. The molecule has 0 aliphatic heterocycles. The average molecular weight is 520 g/mol. The quantitative estimate of drug-likeness (QED) is 0.436. The SMILES string of the molecule is CCOc1ccccc1N(CC(=O)N(Cc1ccc(OC)cc1)C(C)C(=O)NCC(C)C)S(C)(=O)=O. The van der Waals surface area contributed by atoms with Crippen molar-refractivity contribution in [2.45, 2.75) is 40.3 Å². The molecular formula is C26H37N3O6S. The van der Waals surface area contributed by atoms with E-state index in [-0.39, 0.29) is 24.1 Å². The minimum absolute atomic E-state index is 0.115. The first-order valence-corrected chi connectivity index (χ1v) is 13.7. The van der Waals surface area contributed by atoms with E-state index in [9.17, 15) is 18.0 Å². The molecule has 2 amide bonds. The van der Waals surface area contributed by atoms with Gasteiger partial charge in [-0.05, 0) is 49.6 Å². The Kier molecular flexibility index (Phi) is 10.6. The van der Waals surface area contributed by atoms with Gasteiger partial charge in [-0.15, -0.1) is 0 Å². The second-order valence-electron chi connectivity index (χ2n) is 8.86. The second kappa shape index (κ2) is 13.2. The third kappa shape index (κ3) is 8.15. The number of anilines is 1. The number of para-hydroxylation sites is 2. The molecule has 0 saturated heterocycles. The standard InChI is InChI=1S/C26H37N3O6S/c1-7-35-24-11-9-8-10-23(24)29(36(6,32)33)18-25(30)28(20(4)26(31)27-16-19(2)3)17-21-12-14-22(34-5)15-13-21/h8-15,19-20H,7,16-18H2,1-6H3,(H,27,31). The van der Waals surface area contributed by atoms with Crippen LogP contribution in [0.4, 0.5) is 5.69 Å². The number of methoxy groups -OCH3 is 1. The van der Waals surface area contributed by atoms with E-state index in [1.807, 2.05) is 13.8 Å². The maximum atomic E-state index is 13.6. The lowest BCUT2D eigenvalue weighted by Gasteiger charge is -2.32. The van der Waals surface area contributed by atoms with Crippen LogP contribution in [0.1, 0.15) is 33.3 Å². The van der Waals surface area contributed by atoms with E-state index in [1.54, 1.807) is 69.5 Å². The van der Waals surface area contributed by atoms with Crippen molar-refractivity contribution in [3.63, 3.8) is 0 Å². The molecule has 1 unspecified atom stereocenters. The van der Waals surface area contributed by atoms with Gasteiger partial charge in [0, 0.05) is 13.1 Å². The molecule has 2 aromatic carbocycles. The Morgan fingerprint density at radius 3 is 2.22 bits per heavy atom. The Labute approximate surface area is 214 Å². The van der Waals surface area contributed by atoms with Gasteiger partial charge in [0.2, 0.25) is 21.8 Å². The van der Waals surface area contributed by atoms with Crippen LogP contribution in [0.2, 0.25) is 0 Å². The molecule has 0 bridgehead atoms. The molecular weight excluding hydrogens is 482 g/mol. The number of amides is 2. The zero-order valence-corrected chi connectivity index (χ0v) is 22.7. The van der Waals surface area contributed by atoms with Gasteiger partial charge in [0.15, 0.2) is 0 Å². The maximum absolute atomic E-state index is 13.6. The number of hydrogen-bond acceptors (Lipinski definition) is 6. The van der Waals surface area contributed by atoms with E-state index in [2.05, 4.69) is 5.32 Å². The Balaban J connectivity index is 2.41. The predicted molar refractivity (Wildman–Crippen MR) is 141 cm³/mol. The Bertz CT molecular complexity index is 1120. The van der Waals surface area contributed by atoms with E-state index in [1.165, 1.54) is 4.90 Å². The van der Waals surface area contributed by atoms with Gasteiger partial charge in [0.25, 0.3) is 0 Å². The maximum Gasteiger partial charge on any atom is 0.244 e. The summed E-state index contributed by atoms with van der Waals surface area (Å²) in [4.78, 5) is 27.9. The molecule has 2 rings (SSSR count). The first-order chi connectivity index (χ1) is 17.0. The summed E-state index contributed by atoms with van der Waals surface area (Å²) in [5.74, 6) is 0.418. The summed E-state index contributed by atoms with van der Waals surface area (Å²) in [6, 6.07) is 13.0. The number of hydrogen-bond donors (Lipinski definition) is 1. The van der Waals surface area contributed by atoms with Crippen LogP contribution in [0, 0.1) is 5.92 Å². The van der Waals surface area contributed by atoms with Crippen LogP contribution in [0.3, 0.4) is 0 Å². The van der Waals surface area contributed by atoms with E-state index in [0.717, 1.165) is 16.1 Å². The van der Waals surface area contributed by atoms with Gasteiger partial charge in [-0.2, -0.15) is 0 Å². The number of sulfonamides is 1. The van der Waals surface area contributed by atoms with Crippen LogP contribution in [0.15, 0.2) is 48.5 Å². The Morgan fingerprint density at radius 1 is 1.03 bits per heavy atom. The van der Waals surface area contributed by atoms with Gasteiger partial charge in [-0.25, -0.2) is 8.42 Å². The summed E-state index contributed by atoms with van der Waals surface area (Å²) in [7, 11) is -2.29. The van der Waals surface area contributed by atoms with Gasteiger partial charge < -0.3 is 19.7 Å². The summed E-state index contributed by atoms with van der Waals surface area (Å²) in [6.45, 7) is 7.81. The van der Waals surface area contributed by atoms with Crippen LogP contribution in [-0.4, -0.2) is 64.2 Å². The molecule has 10 heteroatoms. The summed E-state index contributed by atoms with van der Waals surface area (Å²) in [5, 5.41) is 2.86. The van der Waals surface area contributed by atoms with Crippen molar-refractivity contribution in [2.75, 3.05) is 37.4 Å². The number of benzene rings is 2. The van der Waals surface area contributed by atoms with Crippen LogP contribution in [-0.2, 0) is 26.2 Å². The van der Waals surface area contributed by atoms with Crippen molar-refractivity contribution in [1.29, 1.82) is 0 Å². The molecule has 198 valence electrons. The third-order valence-electron chi connectivity index (χ3n) is 5.48. The molecule has 1 atom stereocenters. The van der Waals surface area contributed by atoms with E-state index >= 15 is 0 Å². The smallest absolute Gasteiger partial charge is 0.244 e. The molecule has 0 aliphatic rings. The highest BCUT2D eigenvalue weighted by atomic mass is 32.2. The van der Waals surface area contributed by atoms with Crippen molar-refractivity contribution < 1.29 is 27.5 Å². The van der Waals surface area contributed by atoms with E-state index in [0.29, 0.717) is 24.7 Å². The predicted octanol–water partition coefficient (Wildman–Crippen LogP) is 3.05. The van der Waals surface area contributed by atoms with Gasteiger partial charge in [0.1, 0.15) is 24.1 Å². The zero-order chi connectivity index (χ0) is 26.9. The number of rotatable bonds is 13. The van der Waals surface area contributed by atoms with Crippen LogP contribution >= 0.6 is 0 Å². The normalized spacial score (nSPS) is 12.1. The van der Waals surface area contributed by atoms with Gasteiger partial charge in [-0.1, -0.05) is 38.1 Å². The third-order valence-corrected chi connectivity index (χ3v) is 6.60. The molecule has 0 fully saturated rings.